The van der Waals surface area contributed by atoms with E-state index >= 15 is 0 Å². The van der Waals surface area contributed by atoms with Crippen molar-refractivity contribution in [2.45, 2.75) is 45.4 Å². The zero-order chi connectivity index (χ0) is 14.5. The van der Waals surface area contributed by atoms with Gasteiger partial charge in [0.15, 0.2) is 5.78 Å². The molecule has 0 saturated heterocycles. The molecule has 0 radical (unpaired) electrons. The molecule has 1 fully saturated rings. The van der Waals surface area contributed by atoms with Crippen molar-refractivity contribution in [2.75, 3.05) is 6.61 Å². The Bertz CT molecular complexity index is 480. The molecule has 1 saturated carbocycles. The molecular formula is C16H20Cl2O2. The Morgan fingerprint density at radius 2 is 1.85 bits per heavy atom. The molecule has 0 unspecified atom stereocenters. The number of ketones is 1. The Kier molecular flexibility index (Phi) is 5.74. The number of carbonyl (C=O) groups excluding carboxylic acids is 1. The van der Waals surface area contributed by atoms with Crippen molar-refractivity contribution in [3.8, 4) is 5.75 Å². The van der Waals surface area contributed by atoms with E-state index in [1.807, 2.05) is 6.92 Å². The lowest BCUT2D eigenvalue weighted by molar-refractivity contribution is 0.0885. The molecular weight excluding hydrogens is 295 g/mol. The average molecular weight is 315 g/mol. The maximum atomic E-state index is 12.7. The quantitative estimate of drug-likeness (QED) is 0.666. The summed E-state index contributed by atoms with van der Waals surface area (Å²) in [5, 5.41) is 0.840. The Morgan fingerprint density at radius 1 is 1.20 bits per heavy atom. The molecule has 0 amide bonds. The summed E-state index contributed by atoms with van der Waals surface area (Å²) in [6.07, 6.45) is 6.30. The standard InChI is InChI=1S/C16H20Cl2O2/c1-2-8-20-15-10-14(18)13(17)9-12(15)16(19)11-6-4-3-5-7-11/h9-11H,2-8H2,1H3. The van der Waals surface area contributed by atoms with E-state index in [2.05, 4.69) is 0 Å². The first-order chi connectivity index (χ1) is 9.63. The minimum atomic E-state index is 0.102. The van der Waals surface area contributed by atoms with Gasteiger partial charge in [-0.1, -0.05) is 49.4 Å². The van der Waals surface area contributed by atoms with Gasteiger partial charge in [-0.25, -0.2) is 0 Å². The second kappa shape index (κ2) is 7.33. The van der Waals surface area contributed by atoms with E-state index in [0.717, 1.165) is 32.1 Å². The van der Waals surface area contributed by atoms with Crippen LogP contribution in [0.25, 0.3) is 0 Å². The lowest BCUT2D eigenvalue weighted by Gasteiger charge is -2.21. The third-order valence-electron chi connectivity index (χ3n) is 3.73. The summed E-state index contributed by atoms with van der Waals surface area (Å²) in [4.78, 5) is 12.7. The Balaban J connectivity index is 2.27. The minimum absolute atomic E-state index is 0.102. The SMILES string of the molecule is CCCOc1cc(Cl)c(Cl)cc1C(=O)C1CCCCC1. The molecule has 1 aliphatic carbocycles. The fraction of sp³-hybridized carbons (Fsp3) is 0.562. The topological polar surface area (TPSA) is 26.3 Å². The molecule has 2 nitrogen and oxygen atoms in total. The van der Waals surface area contributed by atoms with Crippen LogP contribution in [0.4, 0.5) is 0 Å². The summed E-state index contributed by atoms with van der Waals surface area (Å²) >= 11 is 12.1. The molecule has 1 aromatic rings. The van der Waals surface area contributed by atoms with Gasteiger partial charge in [-0.3, -0.25) is 4.79 Å². The Morgan fingerprint density at radius 3 is 2.50 bits per heavy atom. The average Bonchev–Trinajstić information content (AvgIpc) is 2.48. The molecule has 20 heavy (non-hydrogen) atoms. The lowest BCUT2D eigenvalue weighted by atomic mass is 9.83. The van der Waals surface area contributed by atoms with Gasteiger partial charge in [0.1, 0.15) is 5.75 Å². The van der Waals surface area contributed by atoms with Crippen molar-refractivity contribution in [3.05, 3.63) is 27.7 Å². The molecule has 0 spiro atoms. The minimum Gasteiger partial charge on any atom is -0.493 e. The fourth-order valence-corrected chi connectivity index (χ4v) is 2.95. The van der Waals surface area contributed by atoms with Gasteiger partial charge in [0, 0.05) is 12.0 Å². The van der Waals surface area contributed by atoms with Crippen LogP contribution in [0, 0.1) is 5.92 Å². The van der Waals surface area contributed by atoms with Gasteiger partial charge in [0.2, 0.25) is 0 Å². The highest BCUT2D eigenvalue weighted by Crippen LogP contribution is 2.35. The molecule has 4 heteroatoms. The van der Waals surface area contributed by atoms with Gasteiger partial charge in [0.25, 0.3) is 0 Å². The van der Waals surface area contributed by atoms with E-state index in [9.17, 15) is 4.79 Å². The summed E-state index contributed by atoms with van der Waals surface area (Å²) < 4.78 is 5.67. The number of hydrogen-bond acceptors (Lipinski definition) is 2. The van der Waals surface area contributed by atoms with Crippen LogP contribution in [0.2, 0.25) is 10.0 Å². The largest absolute Gasteiger partial charge is 0.493 e. The molecule has 0 bridgehead atoms. The first-order valence-corrected chi connectivity index (χ1v) is 8.05. The van der Waals surface area contributed by atoms with Crippen LogP contribution in [0.5, 0.6) is 5.75 Å². The predicted molar refractivity (Wildman–Crippen MR) is 83.2 cm³/mol. The van der Waals surface area contributed by atoms with Crippen LogP contribution >= 0.6 is 23.2 Å². The van der Waals surface area contributed by atoms with Crippen molar-refractivity contribution >= 4 is 29.0 Å². The van der Waals surface area contributed by atoms with Gasteiger partial charge in [-0.2, -0.15) is 0 Å². The van der Waals surface area contributed by atoms with Crippen LogP contribution in [-0.4, -0.2) is 12.4 Å². The molecule has 0 N–H and O–H groups in total. The van der Waals surface area contributed by atoms with Crippen LogP contribution in [0.15, 0.2) is 12.1 Å². The zero-order valence-electron chi connectivity index (χ0n) is 11.8. The number of Topliss-reactive ketones (excluding diaryl/α,β-unsaturated/α-hetero) is 1. The highest BCUT2D eigenvalue weighted by Gasteiger charge is 2.25. The van der Waals surface area contributed by atoms with Gasteiger partial charge in [-0.05, 0) is 25.3 Å². The maximum Gasteiger partial charge on any atom is 0.169 e. The van der Waals surface area contributed by atoms with Gasteiger partial charge >= 0.3 is 0 Å². The van der Waals surface area contributed by atoms with Crippen LogP contribution in [-0.2, 0) is 0 Å². The molecule has 0 aliphatic heterocycles. The van der Waals surface area contributed by atoms with Crippen LogP contribution < -0.4 is 4.74 Å². The van der Waals surface area contributed by atoms with Crippen molar-refractivity contribution in [2.24, 2.45) is 5.92 Å². The van der Waals surface area contributed by atoms with E-state index in [1.54, 1.807) is 12.1 Å². The number of ether oxygens (including phenoxy) is 1. The van der Waals surface area contributed by atoms with Crippen LogP contribution in [0.3, 0.4) is 0 Å². The Labute approximate surface area is 130 Å². The highest BCUT2D eigenvalue weighted by atomic mass is 35.5. The molecule has 0 atom stereocenters. The maximum absolute atomic E-state index is 12.7. The van der Waals surface area contributed by atoms with Crippen molar-refractivity contribution in [3.63, 3.8) is 0 Å². The summed E-state index contributed by atoms with van der Waals surface area (Å²) in [5.41, 5.74) is 0.583. The second-order valence-corrected chi connectivity index (χ2v) is 6.12. The van der Waals surface area contributed by atoms with Gasteiger partial charge in [0.05, 0.1) is 22.2 Å². The molecule has 1 aliphatic rings. The third kappa shape index (κ3) is 3.67. The summed E-state index contributed by atoms with van der Waals surface area (Å²) in [7, 11) is 0. The highest BCUT2D eigenvalue weighted by molar-refractivity contribution is 6.42. The fourth-order valence-electron chi connectivity index (χ4n) is 2.64. The summed E-state index contributed by atoms with van der Waals surface area (Å²) in [6.45, 7) is 2.60. The number of benzene rings is 1. The number of rotatable bonds is 5. The third-order valence-corrected chi connectivity index (χ3v) is 4.45. The molecule has 1 aromatic carbocycles. The van der Waals surface area contributed by atoms with Crippen molar-refractivity contribution in [1.82, 2.24) is 0 Å². The monoisotopic (exact) mass is 314 g/mol. The van der Waals surface area contributed by atoms with E-state index in [-0.39, 0.29) is 11.7 Å². The molecule has 0 heterocycles. The van der Waals surface area contributed by atoms with Crippen molar-refractivity contribution in [1.29, 1.82) is 0 Å². The first kappa shape index (κ1) is 15.7. The smallest absolute Gasteiger partial charge is 0.169 e. The zero-order valence-corrected chi connectivity index (χ0v) is 13.3. The van der Waals surface area contributed by atoms with E-state index in [0.29, 0.717) is 28.0 Å². The molecule has 110 valence electrons. The lowest BCUT2D eigenvalue weighted by Crippen LogP contribution is -2.19. The number of halogens is 2. The number of carbonyl (C=O) groups is 1. The number of hydrogen-bond donors (Lipinski definition) is 0. The summed E-state index contributed by atoms with van der Waals surface area (Å²) in [6, 6.07) is 3.32. The van der Waals surface area contributed by atoms with E-state index < -0.39 is 0 Å². The Hall–Kier alpha value is -0.730. The summed E-state index contributed by atoms with van der Waals surface area (Å²) in [5.74, 6) is 0.816. The first-order valence-electron chi connectivity index (χ1n) is 7.29. The molecule has 0 aromatic heterocycles. The van der Waals surface area contributed by atoms with Gasteiger partial charge in [-0.15, -0.1) is 0 Å². The second-order valence-electron chi connectivity index (χ2n) is 5.31. The van der Waals surface area contributed by atoms with E-state index in [1.165, 1.54) is 6.42 Å². The normalized spacial score (nSPS) is 16.1. The predicted octanol–water partition coefficient (Wildman–Crippen LogP) is 5.55. The van der Waals surface area contributed by atoms with E-state index in [4.69, 9.17) is 27.9 Å². The van der Waals surface area contributed by atoms with Crippen LogP contribution in [0.1, 0.15) is 55.8 Å². The van der Waals surface area contributed by atoms with Crippen molar-refractivity contribution < 1.29 is 9.53 Å². The molecule has 2 rings (SSSR count). The van der Waals surface area contributed by atoms with Gasteiger partial charge < -0.3 is 4.74 Å².